The van der Waals surface area contributed by atoms with Crippen LogP contribution in [0.4, 0.5) is 0 Å². The maximum atomic E-state index is 5.69. The molecule has 0 bridgehead atoms. The van der Waals surface area contributed by atoms with E-state index in [4.69, 9.17) is 4.74 Å². The molecule has 2 heterocycles. The summed E-state index contributed by atoms with van der Waals surface area (Å²) >= 11 is 0. The van der Waals surface area contributed by atoms with Crippen molar-refractivity contribution in [1.29, 1.82) is 0 Å². The Balaban J connectivity index is 1.87. The maximum absolute atomic E-state index is 5.69. The zero-order valence-corrected chi connectivity index (χ0v) is 12.2. The van der Waals surface area contributed by atoms with Crippen molar-refractivity contribution in [2.75, 3.05) is 13.2 Å². The van der Waals surface area contributed by atoms with Crippen molar-refractivity contribution in [2.45, 2.75) is 58.1 Å². The molecule has 19 heavy (non-hydrogen) atoms. The number of hydrogen-bond acceptors (Lipinski definition) is 3. The highest BCUT2D eigenvalue weighted by Crippen LogP contribution is 2.24. The summed E-state index contributed by atoms with van der Waals surface area (Å²) in [6, 6.07) is 2.60. The van der Waals surface area contributed by atoms with E-state index in [0.29, 0.717) is 12.1 Å². The fourth-order valence-electron chi connectivity index (χ4n) is 2.91. The van der Waals surface area contributed by atoms with Crippen LogP contribution in [0, 0.1) is 6.92 Å². The minimum Gasteiger partial charge on any atom is -0.378 e. The summed E-state index contributed by atoms with van der Waals surface area (Å²) in [5.41, 5.74) is 2.68. The molecule has 2 unspecified atom stereocenters. The third kappa shape index (κ3) is 4.29. The molecule has 0 spiro atoms. The number of pyridine rings is 1. The number of aromatic nitrogens is 1. The van der Waals surface area contributed by atoms with Crippen molar-refractivity contribution >= 4 is 0 Å². The minimum absolute atomic E-state index is 0.453. The molecule has 1 aliphatic heterocycles. The molecule has 0 radical (unpaired) electrons. The van der Waals surface area contributed by atoms with Crippen molar-refractivity contribution in [3.63, 3.8) is 0 Å². The molecule has 1 aliphatic rings. The summed E-state index contributed by atoms with van der Waals surface area (Å²) in [5, 5.41) is 3.60. The number of rotatable bonds is 7. The molecule has 1 N–H and O–H groups in total. The van der Waals surface area contributed by atoms with Gasteiger partial charge >= 0.3 is 0 Å². The average Bonchev–Trinajstić information content (AvgIpc) is 2.92. The third-order valence-corrected chi connectivity index (χ3v) is 3.93. The number of hydrogen-bond donors (Lipinski definition) is 1. The lowest BCUT2D eigenvalue weighted by Gasteiger charge is -2.20. The van der Waals surface area contributed by atoms with Gasteiger partial charge in [-0.2, -0.15) is 0 Å². The van der Waals surface area contributed by atoms with E-state index in [1.54, 1.807) is 0 Å². The average molecular weight is 262 g/mol. The van der Waals surface area contributed by atoms with Gasteiger partial charge in [0.05, 0.1) is 6.10 Å². The Morgan fingerprint density at radius 3 is 3.11 bits per heavy atom. The number of aryl methyl sites for hydroxylation is 1. The third-order valence-electron chi connectivity index (χ3n) is 3.93. The molecule has 3 nitrogen and oxygen atoms in total. The highest BCUT2D eigenvalue weighted by atomic mass is 16.5. The van der Waals surface area contributed by atoms with Gasteiger partial charge in [0.25, 0.3) is 0 Å². The number of ether oxygens (including phenoxy) is 1. The Bertz CT molecular complexity index is 375. The lowest BCUT2D eigenvalue weighted by atomic mass is 9.97. The van der Waals surface area contributed by atoms with E-state index in [-0.39, 0.29) is 0 Å². The fraction of sp³-hybridized carbons (Fsp3) is 0.688. The molecule has 1 fully saturated rings. The summed E-state index contributed by atoms with van der Waals surface area (Å²) in [6.07, 6.45) is 10.5. The molecule has 0 aliphatic carbocycles. The van der Waals surface area contributed by atoms with Crippen molar-refractivity contribution in [3.8, 4) is 0 Å². The molecule has 0 aromatic carbocycles. The van der Waals surface area contributed by atoms with E-state index >= 15 is 0 Å². The van der Waals surface area contributed by atoms with Gasteiger partial charge in [-0.05, 0) is 62.8 Å². The molecule has 106 valence electrons. The highest BCUT2D eigenvalue weighted by Gasteiger charge is 2.17. The predicted molar refractivity (Wildman–Crippen MR) is 78.2 cm³/mol. The first kappa shape index (κ1) is 14.5. The quantitative estimate of drug-likeness (QED) is 0.818. The molecule has 0 amide bonds. The normalized spacial score (nSPS) is 20.6. The van der Waals surface area contributed by atoms with Crippen LogP contribution in [0.1, 0.15) is 56.2 Å². The first-order valence-electron chi connectivity index (χ1n) is 7.56. The topological polar surface area (TPSA) is 34.1 Å². The van der Waals surface area contributed by atoms with Gasteiger partial charge in [0, 0.05) is 25.0 Å². The van der Waals surface area contributed by atoms with Gasteiger partial charge in [0.15, 0.2) is 0 Å². The van der Waals surface area contributed by atoms with Crippen LogP contribution in [0.15, 0.2) is 18.5 Å². The summed E-state index contributed by atoms with van der Waals surface area (Å²) in [6.45, 7) is 6.29. The Labute approximate surface area is 116 Å². The van der Waals surface area contributed by atoms with Crippen LogP contribution < -0.4 is 5.32 Å². The highest BCUT2D eigenvalue weighted by molar-refractivity contribution is 5.25. The van der Waals surface area contributed by atoms with Gasteiger partial charge in [-0.3, -0.25) is 4.98 Å². The van der Waals surface area contributed by atoms with Crippen LogP contribution in [-0.4, -0.2) is 24.2 Å². The van der Waals surface area contributed by atoms with Gasteiger partial charge < -0.3 is 10.1 Å². The van der Waals surface area contributed by atoms with Gasteiger partial charge in [-0.15, -0.1) is 0 Å². The molecule has 1 saturated heterocycles. The van der Waals surface area contributed by atoms with Crippen molar-refractivity contribution < 1.29 is 4.74 Å². The van der Waals surface area contributed by atoms with Crippen molar-refractivity contribution in [3.05, 3.63) is 29.6 Å². The molecule has 3 heteroatoms. The largest absolute Gasteiger partial charge is 0.378 e. The molecule has 1 aromatic rings. The number of nitrogens with zero attached hydrogens (tertiary/aromatic N) is 1. The molecular weight excluding hydrogens is 236 g/mol. The summed E-state index contributed by atoms with van der Waals surface area (Å²) < 4.78 is 5.69. The second-order valence-corrected chi connectivity index (χ2v) is 5.41. The van der Waals surface area contributed by atoms with Crippen LogP contribution in [0.2, 0.25) is 0 Å². The van der Waals surface area contributed by atoms with Gasteiger partial charge in [0.1, 0.15) is 0 Å². The molecule has 0 saturated carbocycles. The Morgan fingerprint density at radius 2 is 2.42 bits per heavy atom. The Hall–Kier alpha value is -0.930. The Kier molecular flexibility index (Phi) is 5.80. The van der Waals surface area contributed by atoms with E-state index in [9.17, 15) is 0 Å². The first-order chi connectivity index (χ1) is 9.31. The summed E-state index contributed by atoms with van der Waals surface area (Å²) in [5.74, 6) is 0. The van der Waals surface area contributed by atoms with Crippen LogP contribution >= 0.6 is 0 Å². The molecular formula is C16H26N2O. The zero-order valence-electron chi connectivity index (χ0n) is 12.2. The smallest absolute Gasteiger partial charge is 0.0576 e. The monoisotopic (exact) mass is 262 g/mol. The standard InChI is InChI=1S/C16H26N2O/c1-3-18-16(15-9-10-17-12-13(15)2)8-4-6-14-7-5-11-19-14/h9-10,12,14,16,18H,3-8,11H2,1-2H3. The van der Waals surface area contributed by atoms with E-state index in [2.05, 4.69) is 30.2 Å². The minimum atomic E-state index is 0.453. The van der Waals surface area contributed by atoms with E-state index in [1.807, 2.05) is 12.4 Å². The lowest BCUT2D eigenvalue weighted by molar-refractivity contribution is 0.101. The molecule has 2 atom stereocenters. The van der Waals surface area contributed by atoms with Gasteiger partial charge in [-0.25, -0.2) is 0 Å². The van der Waals surface area contributed by atoms with Crippen LogP contribution in [0.3, 0.4) is 0 Å². The molecule has 2 rings (SSSR count). The number of nitrogens with one attached hydrogen (secondary N) is 1. The zero-order chi connectivity index (χ0) is 13.5. The second kappa shape index (κ2) is 7.61. The second-order valence-electron chi connectivity index (χ2n) is 5.41. The van der Waals surface area contributed by atoms with Crippen LogP contribution in [-0.2, 0) is 4.74 Å². The van der Waals surface area contributed by atoms with Gasteiger partial charge in [0.2, 0.25) is 0 Å². The van der Waals surface area contributed by atoms with Crippen molar-refractivity contribution in [2.24, 2.45) is 0 Å². The fourth-order valence-corrected chi connectivity index (χ4v) is 2.91. The summed E-state index contributed by atoms with van der Waals surface area (Å²) in [4.78, 5) is 4.18. The SMILES string of the molecule is CCNC(CCCC1CCCO1)c1ccncc1C. The van der Waals surface area contributed by atoms with Crippen LogP contribution in [0.25, 0.3) is 0 Å². The predicted octanol–water partition coefficient (Wildman–Crippen LogP) is 3.39. The van der Waals surface area contributed by atoms with E-state index < -0.39 is 0 Å². The maximum Gasteiger partial charge on any atom is 0.0576 e. The Morgan fingerprint density at radius 1 is 1.53 bits per heavy atom. The van der Waals surface area contributed by atoms with E-state index in [1.165, 1.54) is 43.2 Å². The van der Waals surface area contributed by atoms with Gasteiger partial charge in [-0.1, -0.05) is 6.92 Å². The molecule has 1 aromatic heterocycles. The lowest BCUT2D eigenvalue weighted by Crippen LogP contribution is -2.22. The van der Waals surface area contributed by atoms with Crippen LogP contribution in [0.5, 0.6) is 0 Å². The first-order valence-corrected chi connectivity index (χ1v) is 7.56. The van der Waals surface area contributed by atoms with E-state index in [0.717, 1.165) is 13.2 Å². The summed E-state index contributed by atoms with van der Waals surface area (Å²) in [7, 11) is 0. The van der Waals surface area contributed by atoms with Crippen molar-refractivity contribution in [1.82, 2.24) is 10.3 Å².